The molecule has 3 aliphatic rings. The Morgan fingerprint density at radius 1 is 0.500 bits per heavy atom. The highest BCUT2D eigenvalue weighted by atomic mass is 15.0. The highest BCUT2D eigenvalue weighted by Gasteiger charge is 2.40. The fourth-order valence-electron chi connectivity index (χ4n) is 7.29. The summed E-state index contributed by atoms with van der Waals surface area (Å²) in [5.74, 6) is 2.57. The summed E-state index contributed by atoms with van der Waals surface area (Å²) >= 11 is 0. The van der Waals surface area contributed by atoms with Crippen LogP contribution in [-0.4, -0.2) is 15.0 Å². The van der Waals surface area contributed by atoms with E-state index in [9.17, 15) is 5.26 Å². The smallest absolute Gasteiger partial charge is 0.164 e. The Bertz CT molecular complexity index is 2410. The minimum Gasteiger partial charge on any atom is -0.208 e. The van der Waals surface area contributed by atoms with Gasteiger partial charge in [0.15, 0.2) is 17.5 Å². The fraction of sp³-hybridized carbons (Fsp3) is 0.0455. The van der Waals surface area contributed by atoms with Crippen molar-refractivity contribution >= 4 is 11.1 Å². The molecule has 5 aromatic carbocycles. The topological polar surface area (TPSA) is 62.5 Å². The molecule has 1 heterocycles. The van der Waals surface area contributed by atoms with Crippen molar-refractivity contribution in [1.82, 2.24) is 15.0 Å². The highest BCUT2D eigenvalue weighted by molar-refractivity contribution is 5.94. The van der Waals surface area contributed by atoms with Crippen molar-refractivity contribution in [3.05, 3.63) is 186 Å². The minimum absolute atomic E-state index is 0.352. The van der Waals surface area contributed by atoms with Crippen LogP contribution in [0.5, 0.6) is 0 Å². The van der Waals surface area contributed by atoms with Crippen LogP contribution >= 0.6 is 0 Å². The van der Waals surface area contributed by atoms with Gasteiger partial charge >= 0.3 is 0 Å². The molecule has 0 radical (unpaired) electrons. The molecule has 2 unspecified atom stereocenters. The second-order valence-corrected chi connectivity index (χ2v) is 12.3. The van der Waals surface area contributed by atoms with Crippen LogP contribution < -0.4 is 0 Å². The van der Waals surface area contributed by atoms with Gasteiger partial charge in [0.25, 0.3) is 0 Å². The van der Waals surface area contributed by atoms with Crippen LogP contribution in [0, 0.1) is 17.2 Å². The molecule has 0 fully saturated rings. The second-order valence-electron chi connectivity index (χ2n) is 12.3. The van der Waals surface area contributed by atoms with Crippen LogP contribution in [0.3, 0.4) is 0 Å². The Kier molecular flexibility index (Phi) is 6.62. The lowest BCUT2D eigenvalue weighted by Crippen LogP contribution is -2.14. The van der Waals surface area contributed by atoms with E-state index < -0.39 is 0 Å². The molecule has 0 N–H and O–H groups in total. The molecular formula is C44H28N4. The average molecular weight is 613 g/mol. The van der Waals surface area contributed by atoms with E-state index in [-0.39, 0.29) is 0 Å². The van der Waals surface area contributed by atoms with Gasteiger partial charge in [0.1, 0.15) is 0 Å². The Morgan fingerprint density at radius 3 is 1.92 bits per heavy atom. The normalized spacial score (nSPS) is 17.0. The summed E-state index contributed by atoms with van der Waals surface area (Å²) in [7, 11) is 0. The summed E-state index contributed by atoms with van der Waals surface area (Å²) in [5.41, 5.74) is 13.3. The van der Waals surface area contributed by atoms with Crippen LogP contribution in [-0.2, 0) is 0 Å². The molecule has 0 saturated carbocycles. The average Bonchev–Trinajstić information content (AvgIpc) is 3.50. The molecule has 0 spiro atoms. The molecule has 4 heteroatoms. The maximum atomic E-state index is 9.43. The van der Waals surface area contributed by atoms with Crippen LogP contribution in [0.2, 0.25) is 0 Å². The summed E-state index contributed by atoms with van der Waals surface area (Å²) in [6, 6.07) is 45.5. The summed E-state index contributed by atoms with van der Waals surface area (Å²) in [6.07, 6.45) is 11.4. The first-order valence-corrected chi connectivity index (χ1v) is 16.2. The van der Waals surface area contributed by atoms with Crippen molar-refractivity contribution in [2.45, 2.75) is 5.92 Å². The number of hydrogen-bond donors (Lipinski definition) is 0. The molecule has 0 amide bonds. The predicted octanol–water partition coefficient (Wildman–Crippen LogP) is 10.1. The lowest BCUT2D eigenvalue weighted by molar-refractivity contribution is 0.725. The van der Waals surface area contributed by atoms with Crippen molar-refractivity contribution in [2.24, 2.45) is 5.92 Å². The SMILES string of the molecule is N#Cc1cccc(-c2cccc(-c3nc(-c4ccccc4)nc(-c4ccc(C5=CC=C6c7ccccc7C7C=CC=C5C67)cc4)n3)c2)c1. The number of rotatable bonds is 5. The monoisotopic (exact) mass is 612 g/mol. The van der Waals surface area contributed by atoms with E-state index in [1.54, 1.807) is 0 Å². The molecule has 1 aromatic heterocycles. The lowest BCUT2D eigenvalue weighted by atomic mass is 9.74. The number of aromatic nitrogens is 3. The molecule has 2 atom stereocenters. The largest absolute Gasteiger partial charge is 0.208 e. The van der Waals surface area contributed by atoms with E-state index in [1.165, 1.54) is 33.4 Å². The number of nitrogens with zero attached hydrogens (tertiary/aromatic N) is 4. The quantitative estimate of drug-likeness (QED) is 0.194. The Hall–Kier alpha value is -6.44. The Morgan fingerprint density at radius 2 is 1.12 bits per heavy atom. The van der Waals surface area contributed by atoms with Gasteiger partial charge in [-0.15, -0.1) is 0 Å². The van der Waals surface area contributed by atoms with E-state index in [4.69, 9.17) is 15.0 Å². The van der Waals surface area contributed by atoms with Crippen molar-refractivity contribution in [1.29, 1.82) is 5.26 Å². The molecular weight excluding hydrogens is 585 g/mol. The second kappa shape index (κ2) is 11.4. The number of allylic oxidation sites excluding steroid dienone is 8. The summed E-state index contributed by atoms with van der Waals surface area (Å²) in [5, 5.41) is 9.43. The van der Waals surface area contributed by atoms with Crippen LogP contribution in [0.25, 0.3) is 56.4 Å². The minimum atomic E-state index is 0.352. The first kappa shape index (κ1) is 27.8. The first-order valence-electron chi connectivity index (χ1n) is 16.2. The third-order valence-corrected chi connectivity index (χ3v) is 9.56. The summed E-state index contributed by atoms with van der Waals surface area (Å²) in [6.45, 7) is 0. The van der Waals surface area contributed by atoms with Gasteiger partial charge in [-0.2, -0.15) is 5.26 Å². The van der Waals surface area contributed by atoms with Crippen molar-refractivity contribution in [3.63, 3.8) is 0 Å². The molecule has 0 bridgehead atoms. The van der Waals surface area contributed by atoms with Gasteiger partial charge in [-0.3, -0.25) is 0 Å². The number of fused-ring (bicyclic) bond motifs is 3. The number of hydrogen-bond acceptors (Lipinski definition) is 4. The van der Waals surface area contributed by atoms with E-state index >= 15 is 0 Å². The molecule has 3 aliphatic carbocycles. The first-order chi connectivity index (χ1) is 23.7. The van der Waals surface area contributed by atoms with Crippen molar-refractivity contribution in [3.8, 4) is 51.4 Å². The molecule has 224 valence electrons. The van der Waals surface area contributed by atoms with Gasteiger partial charge < -0.3 is 0 Å². The Labute approximate surface area is 279 Å². The zero-order chi connectivity index (χ0) is 32.0. The van der Waals surface area contributed by atoms with Gasteiger partial charge in [0.05, 0.1) is 11.6 Å². The predicted molar refractivity (Wildman–Crippen MR) is 192 cm³/mol. The number of benzene rings is 5. The van der Waals surface area contributed by atoms with Gasteiger partial charge in [-0.1, -0.05) is 140 Å². The van der Waals surface area contributed by atoms with Crippen molar-refractivity contribution in [2.75, 3.05) is 0 Å². The number of nitriles is 1. The van der Waals surface area contributed by atoms with Gasteiger partial charge in [0, 0.05) is 28.5 Å². The van der Waals surface area contributed by atoms with E-state index in [0.29, 0.717) is 34.9 Å². The van der Waals surface area contributed by atoms with Crippen molar-refractivity contribution < 1.29 is 0 Å². The van der Waals surface area contributed by atoms with E-state index in [0.717, 1.165) is 27.8 Å². The molecule has 0 aliphatic heterocycles. The standard InChI is InChI=1S/C44H28N4/c45-27-28-9-6-12-32(25-28)33-13-7-14-34(26-33)44-47-42(30-10-2-1-3-11-30)46-43(48-44)31-21-19-29(20-22-31)35-23-24-40-37-16-5-4-15-36(37)39-18-8-17-38(35)41(39)40/h1-26,39,41H. The molecule has 6 aromatic rings. The van der Waals surface area contributed by atoms with E-state index in [1.807, 2.05) is 72.8 Å². The van der Waals surface area contributed by atoms with Gasteiger partial charge in [-0.05, 0) is 62.7 Å². The van der Waals surface area contributed by atoms with E-state index in [2.05, 4.69) is 91.0 Å². The lowest BCUT2D eigenvalue weighted by Gasteiger charge is -2.29. The summed E-state index contributed by atoms with van der Waals surface area (Å²) < 4.78 is 0. The third kappa shape index (κ3) is 4.73. The molecule has 48 heavy (non-hydrogen) atoms. The van der Waals surface area contributed by atoms with Crippen LogP contribution in [0.15, 0.2) is 163 Å². The highest BCUT2D eigenvalue weighted by Crippen LogP contribution is 2.56. The maximum Gasteiger partial charge on any atom is 0.164 e. The molecule has 0 saturated heterocycles. The zero-order valence-electron chi connectivity index (χ0n) is 26.0. The third-order valence-electron chi connectivity index (χ3n) is 9.56. The van der Waals surface area contributed by atoms with Gasteiger partial charge in [0.2, 0.25) is 0 Å². The zero-order valence-corrected chi connectivity index (χ0v) is 26.0. The maximum absolute atomic E-state index is 9.43. The molecule has 9 rings (SSSR count). The summed E-state index contributed by atoms with van der Waals surface area (Å²) in [4.78, 5) is 14.9. The van der Waals surface area contributed by atoms with Gasteiger partial charge in [-0.25, -0.2) is 15.0 Å². The Balaban J connectivity index is 1.10. The van der Waals surface area contributed by atoms with Crippen LogP contribution in [0.1, 0.15) is 28.2 Å². The van der Waals surface area contributed by atoms with Crippen LogP contribution in [0.4, 0.5) is 0 Å². The molecule has 4 nitrogen and oxygen atoms in total. The fourth-order valence-corrected chi connectivity index (χ4v) is 7.29.